The fourth-order valence-corrected chi connectivity index (χ4v) is 3.86. The number of rotatable bonds is 5. The lowest BCUT2D eigenvalue weighted by Crippen LogP contribution is -2.30. The molecular formula is C20H15ClN2O5S. The van der Waals surface area contributed by atoms with Crippen LogP contribution in [0.2, 0.25) is 5.02 Å². The lowest BCUT2D eigenvalue weighted by molar-refractivity contribution is -0.384. The van der Waals surface area contributed by atoms with Gasteiger partial charge in [0.25, 0.3) is 11.6 Å². The minimum atomic E-state index is -0.604. The molecule has 0 aliphatic carbocycles. The number of ether oxygens (including phenoxy) is 2. The van der Waals surface area contributed by atoms with Crippen LogP contribution in [0, 0.1) is 10.1 Å². The van der Waals surface area contributed by atoms with Crippen LogP contribution in [0.3, 0.4) is 0 Å². The Morgan fingerprint density at radius 2 is 1.93 bits per heavy atom. The summed E-state index contributed by atoms with van der Waals surface area (Å²) in [6, 6.07) is 13.1. The van der Waals surface area contributed by atoms with Crippen molar-refractivity contribution in [3.8, 4) is 11.5 Å². The summed E-state index contributed by atoms with van der Waals surface area (Å²) in [6.45, 7) is 1.21. The first-order valence-electron chi connectivity index (χ1n) is 8.71. The van der Waals surface area contributed by atoms with Crippen molar-refractivity contribution in [1.29, 1.82) is 0 Å². The molecule has 0 atom stereocenters. The Kier molecular flexibility index (Phi) is 5.37. The number of nitro groups is 1. The van der Waals surface area contributed by atoms with Gasteiger partial charge < -0.3 is 14.4 Å². The van der Waals surface area contributed by atoms with Crippen LogP contribution in [-0.4, -0.2) is 24.0 Å². The average molecular weight is 431 g/mol. The second-order valence-electron chi connectivity index (χ2n) is 6.22. The average Bonchev–Trinajstić information content (AvgIpc) is 3.24. The van der Waals surface area contributed by atoms with E-state index < -0.39 is 4.92 Å². The Hall–Kier alpha value is -3.10. The van der Waals surface area contributed by atoms with Crippen molar-refractivity contribution in [2.45, 2.75) is 6.54 Å². The van der Waals surface area contributed by atoms with Crippen molar-refractivity contribution in [3.05, 3.63) is 79.5 Å². The summed E-state index contributed by atoms with van der Waals surface area (Å²) in [7, 11) is 0. The molecule has 2 heterocycles. The third-order valence-corrected chi connectivity index (χ3v) is 5.55. The van der Waals surface area contributed by atoms with E-state index >= 15 is 0 Å². The number of carbonyl (C=O) groups is 1. The molecule has 1 aliphatic rings. The molecule has 0 saturated carbocycles. The topological polar surface area (TPSA) is 81.9 Å². The van der Waals surface area contributed by atoms with Gasteiger partial charge in [-0.3, -0.25) is 14.9 Å². The highest BCUT2D eigenvalue weighted by Gasteiger charge is 2.24. The SMILES string of the molecule is O=C(c1ccc(Cl)c([N+](=O)[O-])c1)N(Cc1cccs1)c1ccc2c(c1)OCCO2. The number of fused-ring (bicyclic) bond motifs is 1. The molecule has 148 valence electrons. The van der Waals surface area contributed by atoms with Gasteiger partial charge >= 0.3 is 0 Å². The smallest absolute Gasteiger partial charge is 0.288 e. The largest absolute Gasteiger partial charge is 0.486 e. The summed E-state index contributed by atoms with van der Waals surface area (Å²) >= 11 is 7.41. The molecule has 29 heavy (non-hydrogen) atoms. The highest BCUT2D eigenvalue weighted by Crippen LogP contribution is 2.35. The van der Waals surface area contributed by atoms with Crippen LogP contribution in [0.1, 0.15) is 15.2 Å². The molecular weight excluding hydrogens is 416 g/mol. The molecule has 1 aromatic heterocycles. The molecule has 0 spiro atoms. The molecule has 3 aromatic rings. The van der Waals surface area contributed by atoms with Crippen molar-refractivity contribution < 1.29 is 19.2 Å². The summed E-state index contributed by atoms with van der Waals surface area (Å²) in [5.74, 6) is 0.792. The molecule has 2 aromatic carbocycles. The fraction of sp³-hybridized carbons (Fsp3) is 0.150. The van der Waals surface area contributed by atoms with E-state index in [4.69, 9.17) is 21.1 Å². The number of benzene rings is 2. The zero-order valence-electron chi connectivity index (χ0n) is 15.0. The Balaban J connectivity index is 1.74. The predicted molar refractivity (Wildman–Crippen MR) is 110 cm³/mol. The molecule has 1 aliphatic heterocycles. The van der Waals surface area contributed by atoms with Crippen LogP contribution in [-0.2, 0) is 6.54 Å². The van der Waals surface area contributed by atoms with Crippen molar-refractivity contribution in [2.75, 3.05) is 18.1 Å². The number of hydrogen-bond acceptors (Lipinski definition) is 6. The molecule has 1 amide bonds. The van der Waals surface area contributed by atoms with Gasteiger partial charge in [0.1, 0.15) is 18.2 Å². The third-order valence-electron chi connectivity index (χ3n) is 4.37. The van der Waals surface area contributed by atoms with Crippen molar-refractivity contribution in [2.24, 2.45) is 0 Å². The van der Waals surface area contributed by atoms with Gasteiger partial charge in [-0.25, -0.2) is 0 Å². The molecule has 0 radical (unpaired) electrons. The number of anilines is 1. The van der Waals surface area contributed by atoms with Gasteiger partial charge in [0, 0.05) is 28.3 Å². The standard InChI is InChI=1S/C20H15ClN2O5S/c21-16-5-3-13(10-17(16)23(25)26)20(24)22(12-15-2-1-9-29-15)14-4-6-18-19(11-14)28-8-7-27-18/h1-6,9-11H,7-8,12H2. The second-order valence-corrected chi connectivity index (χ2v) is 7.66. The van der Waals surface area contributed by atoms with Gasteiger partial charge in [0.05, 0.1) is 11.5 Å². The maximum Gasteiger partial charge on any atom is 0.288 e. The first-order valence-corrected chi connectivity index (χ1v) is 9.96. The van der Waals surface area contributed by atoms with Crippen molar-refractivity contribution in [1.82, 2.24) is 0 Å². The van der Waals surface area contributed by atoms with Crippen LogP contribution in [0.15, 0.2) is 53.9 Å². The highest BCUT2D eigenvalue weighted by atomic mass is 35.5. The minimum absolute atomic E-state index is 0.0179. The Labute approximate surface area is 175 Å². The molecule has 7 nitrogen and oxygen atoms in total. The summed E-state index contributed by atoms with van der Waals surface area (Å²) < 4.78 is 11.2. The molecule has 0 fully saturated rings. The molecule has 0 unspecified atom stereocenters. The van der Waals surface area contributed by atoms with Gasteiger partial charge in [-0.1, -0.05) is 17.7 Å². The zero-order valence-corrected chi connectivity index (χ0v) is 16.6. The maximum atomic E-state index is 13.3. The van der Waals surface area contributed by atoms with Gasteiger partial charge in [-0.2, -0.15) is 0 Å². The van der Waals surface area contributed by atoms with Crippen LogP contribution in [0.5, 0.6) is 11.5 Å². The number of nitro benzene ring substituents is 1. The summed E-state index contributed by atoms with van der Waals surface area (Å²) in [4.78, 5) is 26.5. The quantitative estimate of drug-likeness (QED) is 0.423. The molecule has 0 N–H and O–H groups in total. The number of amides is 1. The van der Waals surface area contributed by atoms with E-state index in [1.807, 2.05) is 17.5 Å². The normalized spacial score (nSPS) is 12.4. The van der Waals surface area contributed by atoms with E-state index in [2.05, 4.69) is 0 Å². The number of hydrogen-bond donors (Lipinski definition) is 0. The van der Waals surface area contributed by atoms with E-state index in [9.17, 15) is 14.9 Å². The van der Waals surface area contributed by atoms with Gasteiger partial charge in [-0.15, -0.1) is 11.3 Å². The lowest BCUT2D eigenvalue weighted by Gasteiger charge is -2.25. The number of carbonyl (C=O) groups excluding carboxylic acids is 1. The van der Waals surface area contributed by atoms with Crippen molar-refractivity contribution >= 4 is 40.2 Å². The van der Waals surface area contributed by atoms with E-state index in [1.165, 1.54) is 29.5 Å². The molecule has 4 rings (SSSR count). The maximum absolute atomic E-state index is 13.3. The van der Waals surface area contributed by atoms with E-state index in [0.717, 1.165) is 4.88 Å². The van der Waals surface area contributed by atoms with Crippen LogP contribution in [0.25, 0.3) is 0 Å². The van der Waals surface area contributed by atoms with E-state index in [1.54, 1.807) is 23.1 Å². The van der Waals surface area contributed by atoms with E-state index in [0.29, 0.717) is 36.9 Å². The molecule has 0 bridgehead atoms. The van der Waals surface area contributed by atoms with Gasteiger partial charge in [0.2, 0.25) is 0 Å². The second kappa shape index (κ2) is 8.10. The first-order chi connectivity index (χ1) is 14.0. The predicted octanol–water partition coefficient (Wildman–Crippen LogP) is 4.93. The molecule has 0 saturated heterocycles. The van der Waals surface area contributed by atoms with Crippen LogP contribution >= 0.6 is 22.9 Å². The van der Waals surface area contributed by atoms with E-state index in [-0.39, 0.29) is 22.2 Å². The minimum Gasteiger partial charge on any atom is -0.486 e. The Bertz CT molecular complexity index is 1070. The Morgan fingerprint density at radius 1 is 1.14 bits per heavy atom. The summed E-state index contributed by atoms with van der Waals surface area (Å²) in [6.07, 6.45) is 0. The number of halogens is 1. The fourth-order valence-electron chi connectivity index (χ4n) is 2.98. The zero-order chi connectivity index (χ0) is 20.4. The first kappa shape index (κ1) is 19.2. The number of thiophene rings is 1. The monoisotopic (exact) mass is 430 g/mol. The van der Waals surface area contributed by atoms with Gasteiger partial charge in [-0.05, 0) is 35.7 Å². The molecule has 9 heteroatoms. The van der Waals surface area contributed by atoms with Crippen LogP contribution < -0.4 is 14.4 Å². The number of nitrogens with zero attached hydrogens (tertiary/aromatic N) is 2. The Morgan fingerprint density at radius 3 is 2.66 bits per heavy atom. The van der Waals surface area contributed by atoms with Crippen molar-refractivity contribution in [3.63, 3.8) is 0 Å². The summed E-state index contributed by atoms with van der Waals surface area (Å²) in [5.41, 5.74) is 0.466. The lowest BCUT2D eigenvalue weighted by atomic mass is 10.1. The van der Waals surface area contributed by atoms with Crippen LogP contribution in [0.4, 0.5) is 11.4 Å². The highest BCUT2D eigenvalue weighted by molar-refractivity contribution is 7.09. The third kappa shape index (κ3) is 4.03. The summed E-state index contributed by atoms with van der Waals surface area (Å²) in [5, 5.41) is 13.1. The van der Waals surface area contributed by atoms with Gasteiger partial charge in [0.15, 0.2) is 11.5 Å².